The van der Waals surface area contributed by atoms with Crippen LogP contribution in [-0.2, 0) is 9.84 Å². The maximum Gasteiger partial charge on any atom is 0.447 e. The minimum atomic E-state index is -4.50. The molecule has 0 saturated heterocycles. The minimum absolute atomic E-state index is 0.00243. The number of thioether (sulfide) groups is 1. The number of aromatic nitrogens is 2. The van der Waals surface area contributed by atoms with Gasteiger partial charge in [-0.3, -0.25) is 4.40 Å². The summed E-state index contributed by atoms with van der Waals surface area (Å²) in [5, 5.41) is 2.85. The second kappa shape index (κ2) is 9.64. The quantitative estimate of drug-likeness (QED) is 0.347. The molecule has 0 aliphatic heterocycles. The van der Waals surface area contributed by atoms with E-state index in [2.05, 4.69) is 38.1 Å². The van der Waals surface area contributed by atoms with Crippen LogP contribution in [0.15, 0.2) is 50.9 Å². The van der Waals surface area contributed by atoms with Gasteiger partial charge in [0.2, 0.25) is 0 Å². The number of fused-ring (bicyclic) bond motifs is 1. The molecule has 6 nitrogen and oxygen atoms in total. The van der Waals surface area contributed by atoms with Crippen molar-refractivity contribution in [2.45, 2.75) is 22.4 Å². The zero-order chi connectivity index (χ0) is 23.5. The number of nitrogens with one attached hydrogen (secondary N) is 1. The Balaban J connectivity index is 1.86. The van der Waals surface area contributed by atoms with Crippen molar-refractivity contribution in [3.8, 4) is 17.6 Å². The first-order chi connectivity index (χ1) is 15.1. The Bertz CT molecular complexity index is 1310. The highest BCUT2D eigenvalue weighted by Gasteiger charge is 2.33. The summed E-state index contributed by atoms with van der Waals surface area (Å²) in [4.78, 5) is 4.36. The van der Waals surface area contributed by atoms with Crippen molar-refractivity contribution < 1.29 is 26.3 Å². The van der Waals surface area contributed by atoms with Crippen molar-refractivity contribution in [3.63, 3.8) is 0 Å². The molecule has 0 aliphatic carbocycles. The number of imidazole rings is 1. The zero-order valence-corrected chi connectivity index (χ0v) is 20.0. The average molecular weight is 548 g/mol. The molecule has 170 valence electrons. The van der Waals surface area contributed by atoms with Gasteiger partial charge in [0.25, 0.3) is 0 Å². The Morgan fingerprint density at radius 2 is 2.06 bits per heavy atom. The van der Waals surface area contributed by atoms with Crippen molar-refractivity contribution >= 4 is 48.9 Å². The second-order valence-corrected chi connectivity index (χ2v) is 10.5. The number of alkyl halides is 3. The van der Waals surface area contributed by atoms with Crippen LogP contribution in [0.25, 0.3) is 5.65 Å². The molecule has 0 atom stereocenters. The second-order valence-electron chi connectivity index (χ2n) is 6.28. The topological polar surface area (TPSA) is 72.7 Å². The van der Waals surface area contributed by atoms with Crippen LogP contribution in [0.3, 0.4) is 0 Å². The van der Waals surface area contributed by atoms with Gasteiger partial charge in [-0.25, -0.2) is 13.4 Å². The van der Waals surface area contributed by atoms with Gasteiger partial charge >= 0.3 is 5.51 Å². The minimum Gasteiger partial charge on any atom is -0.495 e. The van der Waals surface area contributed by atoms with Crippen LogP contribution < -0.4 is 10.1 Å². The summed E-state index contributed by atoms with van der Waals surface area (Å²) in [6, 6.07) is 7.70. The molecule has 32 heavy (non-hydrogen) atoms. The number of methoxy groups -OCH3 is 1. The smallest absolute Gasteiger partial charge is 0.447 e. The number of ether oxygens (including phenoxy) is 1. The first-order valence-corrected chi connectivity index (χ1v) is 12.4. The predicted molar refractivity (Wildman–Crippen MR) is 121 cm³/mol. The molecule has 12 heteroatoms. The third-order valence-corrected chi connectivity index (χ3v) is 7.42. The van der Waals surface area contributed by atoms with Crippen LogP contribution in [0.2, 0.25) is 0 Å². The number of hydrogen-bond donors (Lipinski definition) is 1. The van der Waals surface area contributed by atoms with Crippen molar-refractivity contribution in [1.82, 2.24) is 9.38 Å². The van der Waals surface area contributed by atoms with Gasteiger partial charge in [-0.15, -0.1) is 0 Å². The molecular weight excluding hydrogens is 531 g/mol. The van der Waals surface area contributed by atoms with Crippen LogP contribution >= 0.6 is 27.7 Å². The molecule has 1 N–H and O–H groups in total. The molecule has 3 aromatic rings. The fourth-order valence-electron chi connectivity index (χ4n) is 2.75. The summed E-state index contributed by atoms with van der Waals surface area (Å²) in [6.45, 7) is 1.62. The van der Waals surface area contributed by atoms with Gasteiger partial charge in [0.05, 0.1) is 34.5 Å². The Morgan fingerprint density at radius 3 is 2.72 bits per heavy atom. The first kappa shape index (κ1) is 24.3. The van der Waals surface area contributed by atoms with Gasteiger partial charge < -0.3 is 10.1 Å². The summed E-state index contributed by atoms with van der Waals surface area (Å²) in [6.07, 6.45) is 1.49. The number of pyridine rings is 1. The molecule has 0 saturated carbocycles. The van der Waals surface area contributed by atoms with Gasteiger partial charge in [0.15, 0.2) is 15.5 Å². The number of benzene rings is 1. The molecule has 0 amide bonds. The fourth-order valence-corrected chi connectivity index (χ4v) is 4.73. The monoisotopic (exact) mass is 547 g/mol. The number of hydrogen-bond acceptors (Lipinski definition) is 6. The highest BCUT2D eigenvalue weighted by molar-refractivity contribution is 9.10. The Hall–Kier alpha value is -2.36. The Kier molecular flexibility index (Phi) is 7.32. The van der Waals surface area contributed by atoms with Crippen molar-refractivity contribution in [2.75, 3.05) is 24.7 Å². The van der Waals surface area contributed by atoms with E-state index in [4.69, 9.17) is 4.74 Å². The van der Waals surface area contributed by atoms with Crippen molar-refractivity contribution in [3.05, 3.63) is 46.7 Å². The molecule has 2 heterocycles. The standard InChI is InChI=1S/C20H17BrF3N3O3S2/c1-3-32(28,29)13-8-9-15(17(12-13)30-2)25-10-4-7-16-19(31-20(22,23)24)27-11-5-6-14(21)18(27)26-16/h5-6,8-9,11-12,25H,3,10H2,1-2H3. The van der Waals surface area contributed by atoms with E-state index in [1.807, 2.05) is 0 Å². The molecular formula is C20H17BrF3N3O3S2. The molecule has 0 radical (unpaired) electrons. The van der Waals surface area contributed by atoms with Gasteiger partial charge in [-0.05, 0) is 46.1 Å². The van der Waals surface area contributed by atoms with Crippen LogP contribution in [-0.4, -0.2) is 42.7 Å². The molecule has 2 aromatic heterocycles. The number of rotatable bonds is 6. The third kappa shape index (κ3) is 5.51. The molecule has 0 unspecified atom stereocenters. The number of halogens is 4. The van der Waals surface area contributed by atoms with E-state index >= 15 is 0 Å². The van der Waals surface area contributed by atoms with E-state index in [0.29, 0.717) is 21.6 Å². The Labute approximate surface area is 195 Å². The van der Waals surface area contributed by atoms with E-state index in [0.717, 1.165) is 0 Å². The summed E-state index contributed by atoms with van der Waals surface area (Å²) >= 11 is 3.00. The third-order valence-electron chi connectivity index (χ3n) is 4.26. The highest BCUT2D eigenvalue weighted by Crippen LogP contribution is 2.39. The lowest BCUT2D eigenvalue weighted by Gasteiger charge is -2.11. The van der Waals surface area contributed by atoms with Crippen molar-refractivity contribution in [2.24, 2.45) is 0 Å². The van der Waals surface area contributed by atoms with E-state index < -0.39 is 15.3 Å². The van der Waals surface area contributed by atoms with Gasteiger partial charge in [0, 0.05) is 24.0 Å². The fraction of sp³-hybridized carbons (Fsp3) is 0.250. The molecule has 0 bridgehead atoms. The molecule has 0 aliphatic rings. The van der Waals surface area contributed by atoms with E-state index in [1.165, 1.54) is 29.8 Å². The van der Waals surface area contributed by atoms with Crippen molar-refractivity contribution in [1.29, 1.82) is 0 Å². The lowest BCUT2D eigenvalue weighted by molar-refractivity contribution is -0.0329. The molecule has 3 rings (SSSR count). The summed E-state index contributed by atoms with van der Waals surface area (Å²) in [7, 11) is -1.98. The van der Waals surface area contributed by atoms with Crippen LogP contribution in [0.5, 0.6) is 5.75 Å². The van der Waals surface area contributed by atoms with Crippen LogP contribution in [0, 0.1) is 11.8 Å². The lowest BCUT2D eigenvalue weighted by Crippen LogP contribution is -2.06. The lowest BCUT2D eigenvalue weighted by atomic mass is 10.3. The van der Waals surface area contributed by atoms with Crippen LogP contribution in [0.4, 0.5) is 18.9 Å². The molecule has 0 fully saturated rings. The zero-order valence-electron chi connectivity index (χ0n) is 16.8. The highest BCUT2D eigenvalue weighted by atomic mass is 79.9. The maximum atomic E-state index is 13.1. The summed E-state index contributed by atoms with van der Waals surface area (Å²) in [5.74, 6) is 5.71. The summed E-state index contributed by atoms with van der Waals surface area (Å²) in [5.41, 5.74) is -3.68. The number of anilines is 1. The largest absolute Gasteiger partial charge is 0.495 e. The maximum absolute atomic E-state index is 13.1. The van der Waals surface area contributed by atoms with E-state index in [-0.39, 0.29) is 39.7 Å². The van der Waals surface area contributed by atoms with Gasteiger partial charge in [-0.1, -0.05) is 12.8 Å². The summed E-state index contributed by atoms with van der Waals surface area (Å²) < 4.78 is 70.4. The number of nitrogens with zero attached hydrogens (tertiary/aromatic N) is 2. The molecule has 0 spiro atoms. The van der Waals surface area contributed by atoms with Gasteiger partial charge in [0.1, 0.15) is 16.5 Å². The van der Waals surface area contributed by atoms with E-state index in [9.17, 15) is 21.6 Å². The van der Waals surface area contributed by atoms with Crippen LogP contribution in [0.1, 0.15) is 12.6 Å². The molecule has 1 aromatic carbocycles. The number of sulfone groups is 1. The first-order valence-electron chi connectivity index (χ1n) is 9.11. The SMILES string of the molecule is CCS(=O)(=O)c1ccc(NCC#Cc2nc3c(Br)cccn3c2SC(F)(F)F)c(OC)c1. The average Bonchev–Trinajstić information content (AvgIpc) is 3.08. The predicted octanol–water partition coefficient (Wildman–Crippen LogP) is 4.97. The van der Waals surface area contributed by atoms with Gasteiger partial charge in [-0.2, -0.15) is 13.2 Å². The normalized spacial score (nSPS) is 11.8. The Morgan fingerprint density at radius 1 is 1.31 bits per heavy atom. The van der Waals surface area contributed by atoms with E-state index in [1.54, 1.807) is 25.1 Å².